The molecule has 1 fully saturated rings. The van der Waals surface area contributed by atoms with Gasteiger partial charge in [-0.1, -0.05) is 12.8 Å². The van der Waals surface area contributed by atoms with Crippen LogP contribution >= 0.6 is 0 Å². The van der Waals surface area contributed by atoms with Crippen LogP contribution in [0.5, 0.6) is 5.75 Å². The Kier molecular flexibility index (Phi) is 7.89. The Morgan fingerprint density at radius 3 is 2.74 bits per heavy atom. The molecule has 2 amide bonds. The minimum absolute atomic E-state index is 0.0232. The summed E-state index contributed by atoms with van der Waals surface area (Å²) < 4.78 is 24.9. The first kappa shape index (κ1) is 29.8. The lowest BCUT2D eigenvalue weighted by molar-refractivity contribution is 0.0708. The number of hydrogen-bond donors (Lipinski definition) is 2. The lowest BCUT2D eigenvalue weighted by Crippen LogP contribution is -2.45. The Labute approximate surface area is 265 Å². The molecular weight excluding hydrogens is 587 g/mol. The Bertz CT molecular complexity index is 1980. The third-order valence-corrected chi connectivity index (χ3v) is 9.12. The number of nitrogens with two attached hydrogens (primary N) is 1. The summed E-state index contributed by atoms with van der Waals surface area (Å²) in [6, 6.07) is 11.0. The smallest absolute Gasteiger partial charge is 0.256 e. The zero-order valence-corrected chi connectivity index (χ0v) is 26.1. The summed E-state index contributed by atoms with van der Waals surface area (Å²) in [5, 5.41) is 3.74. The van der Waals surface area contributed by atoms with Crippen molar-refractivity contribution >= 4 is 33.9 Å². The van der Waals surface area contributed by atoms with Crippen LogP contribution in [-0.4, -0.2) is 73.6 Å². The van der Waals surface area contributed by atoms with Gasteiger partial charge in [-0.15, -0.1) is 0 Å². The number of nitrogens with zero attached hydrogens (tertiary/aromatic N) is 6. The molecule has 6 heterocycles. The van der Waals surface area contributed by atoms with Gasteiger partial charge < -0.3 is 29.8 Å². The number of halogens is 1. The number of aryl methyl sites for hydroxylation is 2. The first-order valence-corrected chi connectivity index (χ1v) is 15.9. The molecule has 2 aliphatic rings. The van der Waals surface area contributed by atoms with Crippen LogP contribution in [0.15, 0.2) is 42.6 Å². The van der Waals surface area contributed by atoms with Crippen molar-refractivity contribution < 1.29 is 18.7 Å². The van der Waals surface area contributed by atoms with Crippen LogP contribution < -0.4 is 15.8 Å². The first-order chi connectivity index (χ1) is 22.3. The van der Waals surface area contributed by atoms with E-state index in [1.165, 1.54) is 6.20 Å². The Balaban J connectivity index is 1.37. The number of nitrogens with one attached hydrogen (secondary N) is 1. The van der Waals surface area contributed by atoms with Crippen molar-refractivity contribution in [1.82, 2.24) is 34.3 Å². The molecule has 5 aromatic rings. The minimum Gasteiger partial charge on any atom is -0.494 e. The van der Waals surface area contributed by atoms with Gasteiger partial charge in [0, 0.05) is 62.0 Å². The topological polar surface area (TPSA) is 133 Å². The summed E-state index contributed by atoms with van der Waals surface area (Å²) >= 11 is 0. The van der Waals surface area contributed by atoms with Crippen molar-refractivity contribution in [3.8, 4) is 28.5 Å². The van der Waals surface area contributed by atoms with E-state index < -0.39 is 11.9 Å². The normalized spacial score (nSPS) is 17.6. The van der Waals surface area contributed by atoms with E-state index in [2.05, 4.69) is 20.9 Å². The molecule has 12 heteroatoms. The number of carbonyl (C=O) groups is 2. The number of rotatable bonds is 3. The number of ether oxygens (including phenoxy) is 1. The molecule has 4 aromatic heterocycles. The first-order valence-electron chi connectivity index (χ1n) is 15.9. The highest BCUT2D eigenvalue weighted by molar-refractivity contribution is 6.02. The molecule has 0 saturated carbocycles. The summed E-state index contributed by atoms with van der Waals surface area (Å²) in [7, 11) is 3.54. The van der Waals surface area contributed by atoms with Crippen molar-refractivity contribution in [2.24, 2.45) is 12.8 Å². The molecular formula is C34H37FN8O3. The van der Waals surface area contributed by atoms with Crippen molar-refractivity contribution in [2.75, 3.05) is 26.7 Å². The van der Waals surface area contributed by atoms with E-state index >= 15 is 0 Å². The van der Waals surface area contributed by atoms with Crippen LogP contribution in [0.1, 0.15) is 59.2 Å². The Hall–Kier alpha value is -4.84. The number of piperidine rings is 1. The van der Waals surface area contributed by atoms with E-state index in [1.807, 2.05) is 28.6 Å². The lowest BCUT2D eigenvalue weighted by atomic mass is 10.0. The van der Waals surface area contributed by atoms with Gasteiger partial charge in [0.1, 0.15) is 22.5 Å². The predicted molar refractivity (Wildman–Crippen MR) is 173 cm³/mol. The van der Waals surface area contributed by atoms with Crippen LogP contribution in [0.2, 0.25) is 0 Å². The molecule has 3 N–H and O–H groups in total. The fraction of sp³-hybridized carbons (Fsp3) is 0.382. The largest absolute Gasteiger partial charge is 0.494 e. The van der Waals surface area contributed by atoms with Crippen LogP contribution in [0, 0.1) is 5.95 Å². The molecule has 0 aliphatic carbocycles. The number of fused-ring (bicyclic) bond motifs is 4. The molecule has 2 aliphatic heterocycles. The fourth-order valence-electron chi connectivity index (χ4n) is 6.79. The molecule has 238 valence electrons. The van der Waals surface area contributed by atoms with E-state index in [1.54, 1.807) is 25.3 Å². The average molecular weight is 625 g/mol. The molecule has 0 unspecified atom stereocenters. The molecule has 0 radical (unpaired) electrons. The van der Waals surface area contributed by atoms with Crippen molar-refractivity contribution in [1.29, 1.82) is 0 Å². The van der Waals surface area contributed by atoms with Crippen LogP contribution in [0.3, 0.4) is 0 Å². The Morgan fingerprint density at radius 2 is 1.91 bits per heavy atom. The SMILES string of the molecule is COc1cc(C(=O)N2CCC[C@@H](N)C2)cc2nc(-c3cc4ccc5nc4n3CCCCCCNC(=O)c3c-5ccnc3F)n(C)c12. The van der Waals surface area contributed by atoms with Gasteiger partial charge in [0.15, 0.2) is 5.82 Å². The summed E-state index contributed by atoms with van der Waals surface area (Å²) in [6.45, 7) is 2.35. The number of carbonyl (C=O) groups excluding carboxylic acids is 2. The molecule has 1 saturated heterocycles. The van der Waals surface area contributed by atoms with E-state index in [9.17, 15) is 14.0 Å². The lowest BCUT2D eigenvalue weighted by Gasteiger charge is -2.30. The number of benzene rings is 1. The quantitative estimate of drug-likeness (QED) is 0.279. The number of imidazole rings is 1. The standard InChI is InChI=1S/C34H37FN8O3/c1-41-29-25(16-21(18-27(29)46-2)34(45)42-14-7-8-22(36)19-42)40-32(41)26-17-20-9-10-24-23-11-13-37-30(35)28(23)33(44)38-12-5-3-4-6-15-43(26)31(20)39-24/h9-11,13,16-18,22H,3-8,12,14-15,19,36H2,1-2H3,(H,38,44)/t22-/m1/s1. The van der Waals surface area contributed by atoms with E-state index in [0.717, 1.165) is 55.1 Å². The third-order valence-electron chi connectivity index (χ3n) is 9.12. The van der Waals surface area contributed by atoms with E-state index in [0.29, 0.717) is 65.7 Å². The molecule has 7 rings (SSSR count). The summed E-state index contributed by atoms with van der Waals surface area (Å²) in [5.41, 5.74) is 10.4. The second-order valence-electron chi connectivity index (χ2n) is 12.2. The van der Waals surface area contributed by atoms with Crippen molar-refractivity contribution in [3.63, 3.8) is 0 Å². The fourth-order valence-corrected chi connectivity index (χ4v) is 6.79. The zero-order valence-electron chi connectivity index (χ0n) is 26.1. The van der Waals surface area contributed by atoms with Crippen molar-refractivity contribution in [2.45, 2.75) is 51.1 Å². The maximum Gasteiger partial charge on any atom is 0.256 e. The highest BCUT2D eigenvalue weighted by Gasteiger charge is 2.26. The molecule has 0 spiro atoms. The van der Waals surface area contributed by atoms with Gasteiger partial charge in [-0.05, 0) is 62.1 Å². The van der Waals surface area contributed by atoms with Gasteiger partial charge in [-0.25, -0.2) is 15.0 Å². The van der Waals surface area contributed by atoms with Gasteiger partial charge in [0.05, 0.1) is 24.0 Å². The molecule has 11 nitrogen and oxygen atoms in total. The van der Waals surface area contributed by atoms with E-state index in [4.69, 9.17) is 20.4 Å². The minimum atomic E-state index is -0.824. The van der Waals surface area contributed by atoms with E-state index in [-0.39, 0.29) is 17.5 Å². The van der Waals surface area contributed by atoms with Gasteiger partial charge in [-0.2, -0.15) is 4.39 Å². The average Bonchev–Trinajstić information content (AvgIpc) is 3.59. The summed E-state index contributed by atoms with van der Waals surface area (Å²) in [6.07, 6.45) is 6.69. The predicted octanol–water partition coefficient (Wildman–Crippen LogP) is 4.67. The monoisotopic (exact) mass is 624 g/mol. The van der Waals surface area contributed by atoms with Gasteiger partial charge in [-0.3, -0.25) is 9.59 Å². The zero-order chi connectivity index (χ0) is 31.9. The number of hydrogen-bond acceptors (Lipinski definition) is 7. The maximum absolute atomic E-state index is 14.9. The molecule has 1 atom stereocenters. The maximum atomic E-state index is 14.9. The molecule has 1 aromatic carbocycles. The van der Waals surface area contributed by atoms with Crippen LogP contribution in [0.4, 0.5) is 4.39 Å². The molecule has 46 heavy (non-hydrogen) atoms. The summed E-state index contributed by atoms with van der Waals surface area (Å²) in [4.78, 5) is 42.1. The molecule has 2 bridgehead atoms. The number of amides is 2. The van der Waals surface area contributed by atoms with Gasteiger partial charge >= 0.3 is 0 Å². The summed E-state index contributed by atoms with van der Waals surface area (Å²) in [5.74, 6) is -0.137. The number of methoxy groups -OCH3 is 1. The second-order valence-corrected chi connectivity index (χ2v) is 12.2. The van der Waals surface area contributed by atoms with Crippen LogP contribution in [-0.2, 0) is 13.6 Å². The highest BCUT2D eigenvalue weighted by atomic mass is 19.1. The number of likely N-dealkylation sites (tertiary alicyclic amines) is 1. The van der Waals surface area contributed by atoms with Gasteiger partial charge in [0.2, 0.25) is 5.95 Å². The second kappa shape index (κ2) is 12.2. The third kappa shape index (κ3) is 5.26. The Morgan fingerprint density at radius 1 is 1.07 bits per heavy atom. The van der Waals surface area contributed by atoms with Crippen molar-refractivity contribution in [3.05, 3.63) is 59.7 Å². The van der Waals surface area contributed by atoms with Gasteiger partial charge in [0.25, 0.3) is 11.8 Å². The number of aromatic nitrogens is 5. The highest BCUT2D eigenvalue weighted by Crippen LogP contribution is 2.36. The number of pyridine rings is 2. The van der Waals surface area contributed by atoms with Crippen LogP contribution in [0.25, 0.3) is 44.8 Å².